The minimum absolute atomic E-state index is 0.154. The lowest BCUT2D eigenvalue weighted by Crippen LogP contribution is -2.17. The summed E-state index contributed by atoms with van der Waals surface area (Å²) in [7, 11) is 1.93. The number of hydrogen-bond acceptors (Lipinski definition) is 5. The second-order valence-corrected chi connectivity index (χ2v) is 6.96. The summed E-state index contributed by atoms with van der Waals surface area (Å²) in [5.74, 6) is 1.73. The normalized spacial score (nSPS) is 12.9. The summed E-state index contributed by atoms with van der Waals surface area (Å²) in [5, 5.41) is 11.0. The monoisotopic (exact) mass is 389 g/mol. The van der Waals surface area contributed by atoms with Gasteiger partial charge in [-0.3, -0.25) is 9.89 Å². The molecule has 146 valence electrons. The molecule has 0 fully saturated rings. The molecule has 8 nitrogen and oxygen atoms in total. The summed E-state index contributed by atoms with van der Waals surface area (Å²) in [6.45, 7) is 1.06. The maximum atomic E-state index is 12.6. The van der Waals surface area contributed by atoms with E-state index in [1.165, 1.54) is 0 Å². The van der Waals surface area contributed by atoms with Gasteiger partial charge in [0.05, 0.1) is 24.0 Å². The lowest BCUT2D eigenvalue weighted by molar-refractivity contribution is -0.115. The van der Waals surface area contributed by atoms with Crippen LogP contribution < -0.4 is 14.8 Å². The van der Waals surface area contributed by atoms with Crippen molar-refractivity contribution in [3.8, 4) is 22.8 Å². The summed E-state index contributed by atoms with van der Waals surface area (Å²) in [6, 6.07) is 11.4. The number of benzene rings is 2. The number of carbonyl (C=O) groups is 1. The van der Waals surface area contributed by atoms with Gasteiger partial charge in [0.25, 0.3) is 0 Å². The van der Waals surface area contributed by atoms with Crippen molar-refractivity contribution in [1.82, 2.24) is 19.7 Å². The van der Waals surface area contributed by atoms with Crippen LogP contribution in [0.5, 0.6) is 11.5 Å². The number of aromatic amines is 1. The number of amides is 1. The molecule has 5 rings (SSSR count). The van der Waals surface area contributed by atoms with Gasteiger partial charge >= 0.3 is 0 Å². The molecule has 2 aromatic carbocycles. The first-order valence-electron chi connectivity index (χ1n) is 9.30. The predicted molar refractivity (Wildman–Crippen MR) is 108 cm³/mol. The van der Waals surface area contributed by atoms with Crippen molar-refractivity contribution in [1.29, 1.82) is 0 Å². The molecule has 2 aromatic heterocycles. The fourth-order valence-electron chi connectivity index (χ4n) is 3.39. The highest BCUT2D eigenvalue weighted by Crippen LogP contribution is 2.31. The number of nitrogens with zero attached hydrogens (tertiary/aromatic N) is 3. The number of nitrogens with one attached hydrogen (secondary N) is 2. The fourth-order valence-corrected chi connectivity index (χ4v) is 3.39. The van der Waals surface area contributed by atoms with Gasteiger partial charge in [-0.2, -0.15) is 5.10 Å². The van der Waals surface area contributed by atoms with Crippen LogP contribution >= 0.6 is 0 Å². The third kappa shape index (κ3) is 3.40. The smallest absolute Gasteiger partial charge is 0.230 e. The zero-order valence-electron chi connectivity index (χ0n) is 15.8. The second-order valence-electron chi connectivity index (χ2n) is 6.96. The second kappa shape index (κ2) is 6.97. The van der Waals surface area contributed by atoms with Crippen LogP contribution in [0, 0.1) is 0 Å². The summed E-state index contributed by atoms with van der Waals surface area (Å²) >= 11 is 0. The molecule has 0 spiro atoms. The first kappa shape index (κ1) is 17.3. The van der Waals surface area contributed by atoms with Gasteiger partial charge in [0.2, 0.25) is 5.91 Å². The van der Waals surface area contributed by atoms with Gasteiger partial charge < -0.3 is 19.4 Å². The summed E-state index contributed by atoms with van der Waals surface area (Å²) < 4.78 is 13.0. The molecule has 29 heavy (non-hydrogen) atoms. The van der Waals surface area contributed by atoms with Gasteiger partial charge in [-0.1, -0.05) is 12.1 Å². The standard InChI is InChI=1S/C21H19N5O3/c1-26-11-17(22-12-26)14-3-4-16-15(10-14)21(25-24-16)23-20(27)9-13-2-5-18-19(8-13)29-7-6-28-18/h2-5,8,10-12H,6-7,9H2,1H3,(H2,23,24,25,27). The van der Waals surface area contributed by atoms with Gasteiger partial charge in [-0.05, 0) is 29.8 Å². The van der Waals surface area contributed by atoms with Crippen molar-refractivity contribution in [3.63, 3.8) is 0 Å². The molecule has 1 aliphatic rings. The van der Waals surface area contributed by atoms with E-state index in [1.54, 1.807) is 6.33 Å². The molecule has 0 radical (unpaired) electrons. The van der Waals surface area contributed by atoms with Crippen molar-refractivity contribution in [2.75, 3.05) is 18.5 Å². The van der Waals surface area contributed by atoms with Gasteiger partial charge in [0, 0.05) is 24.2 Å². The summed E-state index contributed by atoms with van der Waals surface area (Å²) in [4.78, 5) is 17.0. The molecule has 0 atom stereocenters. The Hall–Kier alpha value is -3.81. The van der Waals surface area contributed by atoms with E-state index in [1.807, 2.05) is 54.2 Å². The minimum atomic E-state index is -0.154. The van der Waals surface area contributed by atoms with Crippen LogP contribution in [0.25, 0.3) is 22.2 Å². The van der Waals surface area contributed by atoms with Crippen LogP contribution in [0.1, 0.15) is 5.56 Å². The summed E-state index contributed by atoms with van der Waals surface area (Å²) in [6.07, 6.45) is 3.91. The molecule has 0 saturated heterocycles. The van der Waals surface area contributed by atoms with Crippen LogP contribution in [-0.2, 0) is 18.3 Å². The first-order chi connectivity index (χ1) is 14.2. The van der Waals surface area contributed by atoms with E-state index < -0.39 is 0 Å². The molecule has 0 saturated carbocycles. The van der Waals surface area contributed by atoms with Gasteiger partial charge in [0.1, 0.15) is 13.2 Å². The van der Waals surface area contributed by atoms with Gasteiger partial charge in [-0.25, -0.2) is 4.98 Å². The number of anilines is 1. The quantitative estimate of drug-likeness (QED) is 0.560. The predicted octanol–water partition coefficient (Wildman–Crippen LogP) is 2.92. The van der Waals surface area contributed by atoms with Crippen LogP contribution in [-0.4, -0.2) is 38.9 Å². The Kier molecular flexibility index (Phi) is 4.16. The highest BCUT2D eigenvalue weighted by atomic mass is 16.6. The van der Waals surface area contributed by atoms with E-state index in [0.29, 0.717) is 30.5 Å². The van der Waals surface area contributed by atoms with Crippen LogP contribution in [0.3, 0.4) is 0 Å². The number of imidazole rings is 1. The number of fused-ring (bicyclic) bond motifs is 2. The van der Waals surface area contributed by atoms with Crippen LogP contribution in [0.2, 0.25) is 0 Å². The number of aryl methyl sites for hydroxylation is 1. The van der Waals surface area contributed by atoms with Crippen molar-refractivity contribution in [2.24, 2.45) is 7.05 Å². The number of ether oxygens (including phenoxy) is 2. The third-order valence-corrected chi connectivity index (χ3v) is 4.79. The van der Waals surface area contributed by atoms with E-state index in [4.69, 9.17) is 9.47 Å². The van der Waals surface area contributed by atoms with Crippen molar-refractivity contribution in [3.05, 3.63) is 54.5 Å². The molecule has 1 amide bonds. The molecule has 2 N–H and O–H groups in total. The molecule has 8 heteroatoms. The Labute approximate surface area is 166 Å². The Bertz CT molecular complexity index is 1210. The van der Waals surface area contributed by atoms with E-state index in [9.17, 15) is 4.79 Å². The Morgan fingerprint density at radius 3 is 2.86 bits per heavy atom. The Morgan fingerprint density at radius 2 is 2.03 bits per heavy atom. The number of aromatic nitrogens is 4. The Morgan fingerprint density at radius 1 is 1.17 bits per heavy atom. The topological polar surface area (TPSA) is 94.1 Å². The van der Waals surface area contributed by atoms with Crippen molar-refractivity contribution >= 4 is 22.6 Å². The van der Waals surface area contributed by atoms with E-state index >= 15 is 0 Å². The lowest BCUT2D eigenvalue weighted by atomic mass is 10.1. The SMILES string of the molecule is Cn1cnc(-c2ccc3[nH]nc(NC(=O)Cc4ccc5c(c4)OCCO5)c3c2)c1. The molecule has 4 aromatic rings. The lowest BCUT2D eigenvalue weighted by Gasteiger charge is -2.18. The van der Waals surface area contributed by atoms with Gasteiger partial charge in [-0.15, -0.1) is 0 Å². The molecular formula is C21H19N5O3. The number of H-pyrrole nitrogens is 1. The molecule has 0 unspecified atom stereocenters. The van der Waals surface area contributed by atoms with E-state index in [2.05, 4.69) is 20.5 Å². The first-order valence-corrected chi connectivity index (χ1v) is 9.30. The van der Waals surface area contributed by atoms with Crippen LogP contribution in [0.4, 0.5) is 5.82 Å². The Balaban J connectivity index is 1.36. The molecular weight excluding hydrogens is 370 g/mol. The fraction of sp³-hybridized carbons (Fsp3) is 0.190. The minimum Gasteiger partial charge on any atom is -0.486 e. The van der Waals surface area contributed by atoms with E-state index in [-0.39, 0.29) is 12.3 Å². The maximum absolute atomic E-state index is 12.6. The highest BCUT2D eigenvalue weighted by molar-refractivity contribution is 6.01. The molecule has 0 aliphatic carbocycles. The number of hydrogen-bond donors (Lipinski definition) is 2. The molecule has 0 bridgehead atoms. The van der Waals surface area contributed by atoms with E-state index in [0.717, 1.165) is 27.7 Å². The van der Waals surface area contributed by atoms with Crippen molar-refractivity contribution in [2.45, 2.75) is 6.42 Å². The highest BCUT2D eigenvalue weighted by Gasteiger charge is 2.15. The largest absolute Gasteiger partial charge is 0.486 e. The average Bonchev–Trinajstić information content (AvgIpc) is 3.34. The van der Waals surface area contributed by atoms with Crippen molar-refractivity contribution < 1.29 is 14.3 Å². The molecule has 3 heterocycles. The number of carbonyl (C=O) groups excluding carboxylic acids is 1. The third-order valence-electron chi connectivity index (χ3n) is 4.79. The number of rotatable bonds is 4. The maximum Gasteiger partial charge on any atom is 0.230 e. The van der Waals surface area contributed by atoms with Gasteiger partial charge in [0.15, 0.2) is 17.3 Å². The zero-order valence-corrected chi connectivity index (χ0v) is 15.8. The average molecular weight is 389 g/mol. The summed E-state index contributed by atoms with van der Waals surface area (Å²) in [5.41, 5.74) is 3.52. The van der Waals surface area contributed by atoms with Crippen LogP contribution in [0.15, 0.2) is 48.9 Å². The molecule has 1 aliphatic heterocycles. The zero-order chi connectivity index (χ0) is 19.8.